The number of esters is 1. The van der Waals surface area contributed by atoms with Crippen molar-refractivity contribution < 1.29 is 9.53 Å². The Morgan fingerprint density at radius 1 is 1.58 bits per heavy atom. The number of rotatable bonds is 4. The van der Waals surface area contributed by atoms with E-state index in [-0.39, 0.29) is 11.9 Å². The summed E-state index contributed by atoms with van der Waals surface area (Å²) in [6, 6.07) is 0. The normalized spacial score (nSPS) is 15.8. The Labute approximate surface area is 90.3 Å². The van der Waals surface area contributed by atoms with Crippen LogP contribution in [0.15, 0.2) is 0 Å². The number of ether oxygens (including phenoxy) is 1. The van der Waals surface area contributed by atoms with E-state index >= 15 is 0 Å². The molecular formula is C8H14Br2O2. The van der Waals surface area contributed by atoms with Crippen LogP contribution in [0, 0.1) is 5.92 Å². The predicted octanol–water partition coefficient (Wildman–Crippen LogP) is 2.73. The Hall–Kier alpha value is 0.430. The first-order valence-electron chi connectivity index (χ1n) is 3.91. The average molecular weight is 302 g/mol. The van der Waals surface area contributed by atoms with Crippen LogP contribution in [0.4, 0.5) is 0 Å². The zero-order chi connectivity index (χ0) is 9.78. The molecule has 0 heterocycles. The highest BCUT2D eigenvalue weighted by Gasteiger charge is 2.39. The van der Waals surface area contributed by atoms with E-state index in [2.05, 4.69) is 31.9 Å². The molecule has 0 saturated heterocycles. The van der Waals surface area contributed by atoms with Gasteiger partial charge in [-0.15, -0.1) is 0 Å². The average Bonchev–Trinajstić information content (AvgIpc) is 2.03. The van der Waals surface area contributed by atoms with Crippen LogP contribution in [0.3, 0.4) is 0 Å². The highest BCUT2D eigenvalue weighted by atomic mass is 79.9. The molecular weight excluding hydrogens is 288 g/mol. The Kier molecular flexibility index (Phi) is 5.41. The maximum Gasteiger partial charge on any atom is 0.323 e. The predicted molar refractivity (Wildman–Crippen MR) is 56.9 cm³/mol. The van der Waals surface area contributed by atoms with Crippen LogP contribution >= 0.6 is 31.9 Å². The molecule has 0 saturated carbocycles. The second-order valence-electron chi connectivity index (χ2n) is 2.87. The van der Waals surface area contributed by atoms with Crippen molar-refractivity contribution in [3.8, 4) is 0 Å². The smallest absolute Gasteiger partial charge is 0.323 e. The van der Waals surface area contributed by atoms with Crippen LogP contribution in [0.1, 0.15) is 20.8 Å². The van der Waals surface area contributed by atoms with Gasteiger partial charge in [-0.3, -0.25) is 4.79 Å². The fourth-order valence-corrected chi connectivity index (χ4v) is 1.69. The molecule has 1 unspecified atom stereocenters. The molecule has 0 rings (SSSR count). The third-order valence-corrected chi connectivity index (χ3v) is 4.88. The topological polar surface area (TPSA) is 26.3 Å². The zero-order valence-electron chi connectivity index (χ0n) is 7.56. The minimum Gasteiger partial charge on any atom is -0.465 e. The van der Waals surface area contributed by atoms with Crippen LogP contribution in [0.5, 0.6) is 0 Å². The SMILES string of the molecule is CCOC(=O)C(Br)(CBr)C(C)C. The monoisotopic (exact) mass is 300 g/mol. The van der Waals surface area contributed by atoms with Crippen molar-refractivity contribution in [3.63, 3.8) is 0 Å². The van der Waals surface area contributed by atoms with Crippen LogP contribution in [0.2, 0.25) is 0 Å². The maximum absolute atomic E-state index is 11.4. The van der Waals surface area contributed by atoms with Gasteiger partial charge in [-0.25, -0.2) is 0 Å². The molecule has 0 bridgehead atoms. The number of alkyl halides is 2. The molecule has 0 fully saturated rings. The Bertz CT molecular complexity index is 159. The maximum atomic E-state index is 11.4. The van der Waals surface area contributed by atoms with E-state index in [0.29, 0.717) is 11.9 Å². The molecule has 0 aliphatic rings. The summed E-state index contributed by atoms with van der Waals surface area (Å²) in [5, 5.41) is 0.566. The molecule has 2 nitrogen and oxygen atoms in total. The molecule has 0 spiro atoms. The molecule has 12 heavy (non-hydrogen) atoms. The number of hydrogen-bond donors (Lipinski definition) is 0. The molecule has 0 aliphatic heterocycles. The molecule has 4 heteroatoms. The molecule has 72 valence electrons. The summed E-state index contributed by atoms with van der Waals surface area (Å²) in [5.74, 6) is 0.00722. The van der Waals surface area contributed by atoms with Gasteiger partial charge in [0.05, 0.1) is 6.61 Å². The Balaban J connectivity index is 4.40. The van der Waals surface area contributed by atoms with Crippen molar-refractivity contribution >= 4 is 37.8 Å². The van der Waals surface area contributed by atoms with Crippen LogP contribution in [-0.2, 0) is 9.53 Å². The minimum atomic E-state index is -0.580. The third-order valence-electron chi connectivity index (χ3n) is 1.72. The summed E-state index contributed by atoms with van der Waals surface area (Å²) in [7, 11) is 0. The van der Waals surface area contributed by atoms with E-state index in [4.69, 9.17) is 4.74 Å². The number of carbonyl (C=O) groups is 1. The first-order valence-corrected chi connectivity index (χ1v) is 5.82. The fourth-order valence-electron chi connectivity index (χ4n) is 0.696. The first-order chi connectivity index (χ1) is 5.49. The standard InChI is InChI=1S/C8H14Br2O2/c1-4-12-7(11)8(10,5-9)6(2)3/h6H,4-5H2,1-3H3. The van der Waals surface area contributed by atoms with Gasteiger partial charge in [0.1, 0.15) is 4.32 Å². The van der Waals surface area contributed by atoms with Gasteiger partial charge in [0.25, 0.3) is 0 Å². The van der Waals surface area contributed by atoms with Crippen LogP contribution in [0.25, 0.3) is 0 Å². The number of carbonyl (C=O) groups excluding carboxylic acids is 1. The van der Waals surface area contributed by atoms with E-state index in [9.17, 15) is 4.79 Å². The molecule has 0 N–H and O–H groups in total. The summed E-state index contributed by atoms with van der Waals surface area (Å²) in [6.07, 6.45) is 0. The zero-order valence-corrected chi connectivity index (χ0v) is 10.7. The molecule has 0 aliphatic carbocycles. The summed E-state index contributed by atoms with van der Waals surface area (Å²) >= 11 is 6.69. The summed E-state index contributed by atoms with van der Waals surface area (Å²) in [5.41, 5.74) is 0. The second-order valence-corrected chi connectivity index (χ2v) is 4.85. The van der Waals surface area contributed by atoms with Crippen LogP contribution < -0.4 is 0 Å². The van der Waals surface area contributed by atoms with Gasteiger partial charge < -0.3 is 4.74 Å². The first kappa shape index (κ1) is 12.4. The quantitative estimate of drug-likeness (QED) is 0.589. The fraction of sp³-hybridized carbons (Fsp3) is 0.875. The highest BCUT2D eigenvalue weighted by molar-refractivity contribution is 9.12. The lowest BCUT2D eigenvalue weighted by molar-refractivity contribution is -0.146. The van der Waals surface area contributed by atoms with E-state index < -0.39 is 4.32 Å². The summed E-state index contributed by atoms with van der Waals surface area (Å²) in [4.78, 5) is 11.4. The lowest BCUT2D eigenvalue weighted by Crippen LogP contribution is -2.40. The summed E-state index contributed by atoms with van der Waals surface area (Å²) < 4.78 is 4.36. The van der Waals surface area contributed by atoms with Gasteiger partial charge in [-0.05, 0) is 12.8 Å². The largest absolute Gasteiger partial charge is 0.465 e. The molecule has 0 aromatic rings. The highest BCUT2D eigenvalue weighted by Crippen LogP contribution is 2.31. The van der Waals surface area contributed by atoms with Crippen molar-refractivity contribution in [3.05, 3.63) is 0 Å². The second kappa shape index (κ2) is 5.22. The van der Waals surface area contributed by atoms with Gasteiger partial charge in [0.2, 0.25) is 0 Å². The van der Waals surface area contributed by atoms with Crippen LogP contribution in [-0.4, -0.2) is 22.2 Å². The van der Waals surface area contributed by atoms with Gasteiger partial charge in [-0.2, -0.15) is 0 Å². The van der Waals surface area contributed by atoms with E-state index in [1.54, 1.807) is 6.92 Å². The van der Waals surface area contributed by atoms with Gasteiger partial charge in [0, 0.05) is 5.33 Å². The van der Waals surface area contributed by atoms with Crippen molar-refractivity contribution in [1.29, 1.82) is 0 Å². The lowest BCUT2D eigenvalue weighted by atomic mass is 9.98. The van der Waals surface area contributed by atoms with Crippen molar-refractivity contribution in [2.45, 2.75) is 25.1 Å². The van der Waals surface area contributed by atoms with Gasteiger partial charge in [-0.1, -0.05) is 45.7 Å². The van der Waals surface area contributed by atoms with Gasteiger partial charge >= 0.3 is 5.97 Å². The Morgan fingerprint density at radius 2 is 2.08 bits per heavy atom. The van der Waals surface area contributed by atoms with Gasteiger partial charge in [0.15, 0.2) is 0 Å². The van der Waals surface area contributed by atoms with Crippen molar-refractivity contribution in [2.24, 2.45) is 5.92 Å². The Morgan fingerprint density at radius 3 is 2.33 bits per heavy atom. The van der Waals surface area contributed by atoms with E-state index in [0.717, 1.165) is 0 Å². The molecule has 0 radical (unpaired) electrons. The van der Waals surface area contributed by atoms with Crippen molar-refractivity contribution in [2.75, 3.05) is 11.9 Å². The third kappa shape index (κ3) is 2.73. The number of halogens is 2. The lowest BCUT2D eigenvalue weighted by Gasteiger charge is -2.26. The molecule has 0 aromatic heterocycles. The minimum absolute atomic E-state index is 0.197. The van der Waals surface area contributed by atoms with Crippen molar-refractivity contribution in [1.82, 2.24) is 0 Å². The van der Waals surface area contributed by atoms with E-state index in [1.807, 2.05) is 13.8 Å². The molecule has 1 atom stereocenters. The van der Waals surface area contributed by atoms with E-state index in [1.165, 1.54) is 0 Å². The molecule has 0 aromatic carbocycles. The summed E-state index contributed by atoms with van der Waals surface area (Å²) in [6.45, 7) is 6.19. The molecule has 0 amide bonds. The number of hydrogen-bond acceptors (Lipinski definition) is 2.